The van der Waals surface area contributed by atoms with Gasteiger partial charge in [-0.05, 0) is 18.1 Å². The summed E-state index contributed by atoms with van der Waals surface area (Å²) in [6.45, 7) is 2.56. The highest BCUT2D eigenvalue weighted by Gasteiger charge is 2.37. The third kappa shape index (κ3) is 2.56. The van der Waals surface area contributed by atoms with Crippen LogP contribution in [0, 0.1) is 0 Å². The maximum absolute atomic E-state index is 12.8. The summed E-state index contributed by atoms with van der Waals surface area (Å²) in [5.74, 6) is -0.243. The van der Waals surface area contributed by atoms with Gasteiger partial charge in [0.15, 0.2) is 0 Å². The molecule has 3 N–H and O–H groups in total. The van der Waals surface area contributed by atoms with Crippen molar-refractivity contribution >= 4 is 15.9 Å². The second-order valence-corrected chi connectivity index (χ2v) is 6.50. The van der Waals surface area contributed by atoms with Crippen molar-refractivity contribution in [3.05, 3.63) is 29.8 Å². The Morgan fingerprint density at radius 1 is 1.40 bits per heavy atom. The van der Waals surface area contributed by atoms with Crippen molar-refractivity contribution in [3.8, 4) is 0 Å². The largest absolute Gasteiger partial charge is 0.353 e. The van der Waals surface area contributed by atoms with Crippen molar-refractivity contribution in [3.63, 3.8) is 0 Å². The van der Waals surface area contributed by atoms with E-state index in [1.54, 1.807) is 25.1 Å². The Bertz CT molecular complexity index is 601. The van der Waals surface area contributed by atoms with Crippen LogP contribution in [0.15, 0.2) is 29.2 Å². The first-order chi connectivity index (χ1) is 9.52. The Hall–Kier alpha value is -1.44. The molecule has 1 aromatic rings. The number of benzene rings is 1. The molecule has 1 aliphatic heterocycles. The van der Waals surface area contributed by atoms with Crippen LogP contribution in [0.3, 0.4) is 0 Å². The predicted octanol–water partition coefficient (Wildman–Crippen LogP) is 0.0444. The highest BCUT2D eigenvalue weighted by molar-refractivity contribution is 7.89. The molecule has 0 spiro atoms. The lowest BCUT2D eigenvalue weighted by molar-refractivity contribution is -0.126. The van der Waals surface area contributed by atoms with Crippen molar-refractivity contribution in [1.29, 1.82) is 0 Å². The fraction of sp³-hybridized carbons (Fsp3) is 0.462. The minimum Gasteiger partial charge on any atom is -0.353 e. The summed E-state index contributed by atoms with van der Waals surface area (Å²) in [6.07, 6.45) is 0.440. The van der Waals surface area contributed by atoms with Crippen LogP contribution in [0.4, 0.5) is 0 Å². The molecular formula is C13H19N3O3S. The number of sulfonamides is 1. The molecule has 1 aromatic carbocycles. The number of nitrogens with zero attached hydrogens (tertiary/aromatic N) is 1. The van der Waals surface area contributed by atoms with Gasteiger partial charge in [0.05, 0.1) is 4.90 Å². The Labute approximate surface area is 119 Å². The van der Waals surface area contributed by atoms with Crippen LogP contribution in [0.2, 0.25) is 0 Å². The Balaban J connectivity index is 2.46. The van der Waals surface area contributed by atoms with Gasteiger partial charge in [-0.1, -0.05) is 25.1 Å². The van der Waals surface area contributed by atoms with E-state index in [0.717, 1.165) is 0 Å². The highest BCUT2D eigenvalue weighted by Crippen LogP contribution is 2.24. The van der Waals surface area contributed by atoms with E-state index in [1.807, 2.05) is 0 Å². The zero-order chi connectivity index (χ0) is 14.8. The fourth-order valence-electron chi connectivity index (χ4n) is 2.42. The molecule has 6 nitrogen and oxygen atoms in total. The molecule has 0 bridgehead atoms. The van der Waals surface area contributed by atoms with E-state index in [4.69, 9.17) is 5.73 Å². The lowest BCUT2D eigenvalue weighted by atomic mass is 10.2. The number of hydrogen-bond acceptors (Lipinski definition) is 4. The third-order valence-corrected chi connectivity index (χ3v) is 5.46. The summed E-state index contributed by atoms with van der Waals surface area (Å²) in [5, 5.41) is 2.70. The first-order valence-corrected chi connectivity index (χ1v) is 8.04. The molecular weight excluding hydrogens is 278 g/mol. The molecule has 1 amide bonds. The summed E-state index contributed by atoms with van der Waals surface area (Å²) >= 11 is 0. The Morgan fingerprint density at radius 3 is 2.75 bits per heavy atom. The third-order valence-electron chi connectivity index (χ3n) is 3.45. The van der Waals surface area contributed by atoms with Crippen molar-refractivity contribution < 1.29 is 13.2 Å². The second-order valence-electron chi connectivity index (χ2n) is 4.64. The number of amides is 1. The van der Waals surface area contributed by atoms with Gasteiger partial charge in [-0.15, -0.1) is 0 Å². The van der Waals surface area contributed by atoms with Crippen LogP contribution in [0.5, 0.6) is 0 Å². The highest BCUT2D eigenvalue weighted by atomic mass is 32.2. The summed E-state index contributed by atoms with van der Waals surface area (Å²) in [6, 6.07) is 5.99. The molecule has 110 valence electrons. The standard InChI is InChI=1S/C13H19N3O3S/c1-2-11-13(17)15-7-8-16(11)20(18,19)12-6-4-3-5-10(12)9-14/h3-6,11H,2,7-9,14H2,1H3,(H,15,17). The summed E-state index contributed by atoms with van der Waals surface area (Å²) in [7, 11) is -3.71. The number of carbonyl (C=O) groups excluding carboxylic acids is 1. The number of nitrogens with one attached hydrogen (secondary N) is 1. The fourth-order valence-corrected chi connectivity index (χ4v) is 4.32. The zero-order valence-electron chi connectivity index (χ0n) is 11.4. The van der Waals surface area contributed by atoms with Crippen LogP contribution in [-0.4, -0.2) is 37.8 Å². The Kier molecular flexibility index (Phi) is 4.42. The molecule has 0 aromatic heterocycles. The maximum atomic E-state index is 12.8. The van der Waals surface area contributed by atoms with Crippen molar-refractivity contribution in [2.45, 2.75) is 30.8 Å². The molecule has 1 saturated heterocycles. The van der Waals surface area contributed by atoms with E-state index in [0.29, 0.717) is 18.5 Å². The number of hydrogen-bond donors (Lipinski definition) is 2. The molecule has 0 aliphatic carbocycles. The van der Waals surface area contributed by atoms with Crippen LogP contribution >= 0.6 is 0 Å². The van der Waals surface area contributed by atoms with Gasteiger partial charge in [-0.25, -0.2) is 8.42 Å². The summed E-state index contributed by atoms with van der Waals surface area (Å²) in [5.41, 5.74) is 6.17. The van der Waals surface area contributed by atoms with Gasteiger partial charge in [-0.3, -0.25) is 4.79 Å². The van der Waals surface area contributed by atoms with Crippen molar-refractivity contribution in [2.75, 3.05) is 13.1 Å². The van der Waals surface area contributed by atoms with Crippen molar-refractivity contribution in [2.24, 2.45) is 5.73 Å². The van der Waals surface area contributed by atoms with E-state index < -0.39 is 16.1 Å². The first-order valence-electron chi connectivity index (χ1n) is 6.60. The van der Waals surface area contributed by atoms with E-state index in [-0.39, 0.29) is 23.9 Å². The molecule has 0 radical (unpaired) electrons. The molecule has 1 atom stereocenters. The molecule has 1 fully saturated rings. The number of rotatable bonds is 4. The average Bonchev–Trinajstić information content (AvgIpc) is 2.46. The molecule has 2 rings (SSSR count). The van der Waals surface area contributed by atoms with Crippen LogP contribution < -0.4 is 11.1 Å². The molecule has 1 aliphatic rings. The van der Waals surface area contributed by atoms with Crippen LogP contribution in [0.25, 0.3) is 0 Å². The molecule has 20 heavy (non-hydrogen) atoms. The van der Waals surface area contributed by atoms with E-state index in [1.165, 1.54) is 10.4 Å². The maximum Gasteiger partial charge on any atom is 0.244 e. The van der Waals surface area contributed by atoms with Gasteiger partial charge in [0.1, 0.15) is 6.04 Å². The SMILES string of the molecule is CCC1C(=O)NCCN1S(=O)(=O)c1ccccc1CN. The van der Waals surface area contributed by atoms with E-state index in [2.05, 4.69) is 5.32 Å². The lowest BCUT2D eigenvalue weighted by Gasteiger charge is -2.33. The number of carbonyl (C=O) groups is 1. The van der Waals surface area contributed by atoms with Gasteiger partial charge in [0.2, 0.25) is 15.9 Å². The second kappa shape index (κ2) is 5.90. The van der Waals surface area contributed by atoms with Gasteiger partial charge in [0, 0.05) is 19.6 Å². The summed E-state index contributed by atoms with van der Waals surface area (Å²) < 4.78 is 26.8. The van der Waals surface area contributed by atoms with Crippen molar-refractivity contribution in [1.82, 2.24) is 9.62 Å². The predicted molar refractivity (Wildman–Crippen MR) is 75.3 cm³/mol. The Morgan fingerprint density at radius 2 is 2.10 bits per heavy atom. The van der Waals surface area contributed by atoms with E-state index in [9.17, 15) is 13.2 Å². The van der Waals surface area contributed by atoms with Gasteiger partial charge >= 0.3 is 0 Å². The quantitative estimate of drug-likeness (QED) is 0.821. The van der Waals surface area contributed by atoms with Gasteiger partial charge in [-0.2, -0.15) is 4.31 Å². The number of piperazine rings is 1. The minimum absolute atomic E-state index is 0.145. The van der Waals surface area contributed by atoms with Crippen LogP contribution in [0.1, 0.15) is 18.9 Å². The molecule has 0 saturated carbocycles. The summed E-state index contributed by atoms with van der Waals surface area (Å²) in [4.78, 5) is 12.0. The normalized spacial score (nSPS) is 20.7. The van der Waals surface area contributed by atoms with Gasteiger partial charge in [0.25, 0.3) is 0 Å². The topological polar surface area (TPSA) is 92.5 Å². The van der Waals surface area contributed by atoms with Gasteiger partial charge < -0.3 is 11.1 Å². The first kappa shape index (κ1) is 15.0. The molecule has 1 heterocycles. The minimum atomic E-state index is -3.71. The monoisotopic (exact) mass is 297 g/mol. The average molecular weight is 297 g/mol. The molecule has 1 unspecified atom stereocenters. The zero-order valence-corrected chi connectivity index (χ0v) is 12.2. The van der Waals surface area contributed by atoms with Crippen LogP contribution in [-0.2, 0) is 21.4 Å². The number of nitrogens with two attached hydrogens (primary N) is 1. The van der Waals surface area contributed by atoms with E-state index >= 15 is 0 Å². The lowest BCUT2D eigenvalue weighted by Crippen LogP contribution is -2.56. The smallest absolute Gasteiger partial charge is 0.244 e. The molecule has 7 heteroatoms.